The lowest BCUT2D eigenvalue weighted by molar-refractivity contribution is 0.0522. The van der Waals surface area contributed by atoms with Crippen LogP contribution in [-0.2, 0) is 4.74 Å². The standard InChI is InChI=1S/C18H28N2O3Si/c1-17(2,3)22-16(21)20-15-10-9-14(11-13(15)12-19-20)23-24(7,8)18(4,5)6/h9-12H,1-8H3. The van der Waals surface area contributed by atoms with Crippen molar-refractivity contribution in [1.82, 2.24) is 9.78 Å². The predicted molar refractivity (Wildman–Crippen MR) is 99.2 cm³/mol. The van der Waals surface area contributed by atoms with Crippen molar-refractivity contribution in [3.63, 3.8) is 0 Å². The molecule has 0 saturated carbocycles. The Morgan fingerprint density at radius 3 is 2.29 bits per heavy atom. The molecule has 1 aromatic carbocycles. The Balaban J connectivity index is 2.30. The molecule has 2 aromatic rings. The van der Waals surface area contributed by atoms with Gasteiger partial charge in [-0.3, -0.25) is 0 Å². The number of hydrogen-bond acceptors (Lipinski definition) is 4. The summed E-state index contributed by atoms with van der Waals surface area (Å²) in [5.74, 6) is 0.817. The molecule has 132 valence electrons. The first-order chi connectivity index (χ1) is 10.8. The Labute approximate surface area is 145 Å². The second-order valence-corrected chi connectivity index (χ2v) is 13.3. The largest absolute Gasteiger partial charge is 0.543 e. The van der Waals surface area contributed by atoms with Crippen LogP contribution in [0.5, 0.6) is 5.75 Å². The smallest absolute Gasteiger partial charge is 0.435 e. The van der Waals surface area contributed by atoms with Gasteiger partial charge in [0, 0.05) is 5.39 Å². The van der Waals surface area contributed by atoms with Gasteiger partial charge in [-0.05, 0) is 57.1 Å². The highest BCUT2D eigenvalue weighted by Crippen LogP contribution is 2.37. The zero-order valence-electron chi connectivity index (χ0n) is 15.9. The second-order valence-electron chi connectivity index (χ2n) is 8.62. The fourth-order valence-corrected chi connectivity index (χ4v) is 3.00. The molecule has 0 bridgehead atoms. The molecule has 6 heteroatoms. The van der Waals surface area contributed by atoms with E-state index in [9.17, 15) is 4.79 Å². The first-order valence-electron chi connectivity index (χ1n) is 8.20. The van der Waals surface area contributed by atoms with E-state index in [4.69, 9.17) is 9.16 Å². The number of nitrogens with zero attached hydrogens (tertiary/aromatic N) is 2. The summed E-state index contributed by atoms with van der Waals surface area (Å²) in [6.07, 6.45) is 1.19. The van der Waals surface area contributed by atoms with Crippen molar-refractivity contribution in [3.05, 3.63) is 24.4 Å². The maximum absolute atomic E-state index is 12.2. The van der Waals surface area contributed by atoms with Crippen LogP contribution >= 0.6 is 0 Å². The number of ether oxygens (including phenoxy) is 1. The average Bonchev–Trinajstić information content (AvgIpc) is 2.77. The van der Waals surface area contributed by atoms with E-state index in [1.807, 2.05) is 39.0 Å². The summed E-state index contributed by atoms with van der Waals surface area (Å²) < 4.78 is 13.0. The first-order valence-corrected chi connectivity index (χ1v) is 11.1. The van der Waals surface area contributed by atoms with Crippen LogP contribution in [-0.4, -0.2) is 29.8 Å². The molecule has 0 aliphatic heterocycles. The third kappa shape index (κ3) is 3.98. The molecular weight excluding hydrogens is 320 g/mol. The fraction of sp³-hybridized carbons (Fsp3) is 0.556. The number of benzene rings is 1. The predicted octanol–water partition coefficient (Wildman–Crippen LogP) is 5.20. The maximum Gasteiger partial charge on any atom is 0.435 e. The van der Waals surface area contributed by atoms with Gasteiger partial charge in [0.05, 0.1) is 11.7 Å². The summed E-state index contributed by atoms with van der Waals surface area (Å²) >= 11 is 0. The number of rotatable bonds is 2. The molecule has 0 amide bonds. The number of hydrogen-bond donors (Lipinski definition) is 0. The van der Waals surface area contributed by atoms with E-state index >= 15 is 0 Å². The molecule has 2 rings (SSSR count). The van der Waals surface area contributed by atoms with Crippen molar-refractivity contribution >= 4 is 25.3 Å². The molecule has 0 aliphatic rings. The Kier molecular flexibility index (Phi) is 4.56. The molecule has 0 radical (unpaired) electrons. The molecule has 1 aromatic heterocycles. The van der Waals surface area contributed by atoms with Crippen LogP contribution in [0.4, 0.5) is 4.79 Å². The Morgan fingerprint density at radius 1 is 1.12 bits per heavy atom. The van der Waals surface area contributed by atoms with Gasteiger partial charge < -0.3 is 9.16 Å². The lowest BCUT2D eigenvalue weighted by atomic mass is 10.2. The lowest BCUT2D eigenvalue weighted by Crippen LogP contribution is -2.43. The van der Waals surface area contributed by atoms with E-state index in [0.717, 1.165) is 11.1 Å². The molecule has 24 heavy (non-hydrogen) atoms. The van der Waals surface area contributed by atoms with Crippen molar-refractivity contribution in [2.75, 3.05) is 0 Å². The molecule has 0 N–H and O–H groups in total. The summed E-state index contributed by atoms with van der Waals surface area (Å²) in [7, 11) is -1.90. The van der Waals surface area contributed by atoms with E-state index in [2.05, 4.69) is 39.0 Å². The highest BCUT2D eigenvalue weighted by Gasteiger charge is 2.39. The monoisotopic (exact) mass is 348 g/mol. The van der Waals surface area contributed by atoms with Gasteiger partial charge in [-0.1, -0.05) is 20.8 Å². The quantitative estimate of drug-likeness (QED) is 0.700. The third-order valence-corrected chi connectivity index (χ3v) is 8.64. The minimum atomic E-state index is -1.90. The minimum Gasteiger partial charge on any atom is -0.543 e. The number of carbonyl (C=O) groups excluding carboxylic acids is 1. The van der Waals surface area contributed by atoms with Crippen LogP contribution in [0.1, 0.15) is 41.5 Å². The molecule has 0 fully saturated rings. The van der Waals surface area contributed by atoms with Crippen LogP contribution in [0.25, 0.3) is 10.9 Å². The summed E-state index contributed by atoms with van der Waals surface area (Å²) in [6.45, 7) is 16.5. The van der Waals surface area contributed by atoms with E-state index in [-0.39, 0.29) is 5.04 Å². The van der Waals surface area contributed by atoms with Gasteiger partial charge in [0.1, 0.15) is 11.4 Å². The molecule has 0 atom stereocenters. The third-order valence-electron chi connectivity index (χ3n) is 4.29. The van der Waals surface area contributed by atoms with Crippen LogP contribution in [0.2, 0.25) is 18.1 Å². The Hall–Kier alpha value is -1.82. The van der Waals surface area contributed by atoms with Gasteiger partial charge in [-0.15, -0.1) is 0 Å². The molecule has 0 saturated heterocycles. The SMILES string of the molecule is CC(C)(C)OC(=O)n1ncc2cc(O[Si](C)(C)C(C)(C)C)ccc21. The van der Waals surface area contributed by atoms with Gasteiger partial charge in [0.25, 0.3) is 0 Å². The van der Waals surface area contributed by atoms with Gasteiger partial charge >= 0.3 is 6.09 Å². The number of aromatic nitrogens is 2. The summed E-state index contributed by atoms with van der Waals surface area (Å²) in [5.41, 5.74) is 0.160. The van der Waals surface area contributed by atoms with Gasteiger partial charge in [0.15, 0.2) is 0 Å². The van der Waals surface area contributed by atoms with Gasteiger partial charge in [0.2, 0.25) is 8.32 Å². The zero-order valence-corrected chi connectivity index (χ0v) is 16.9. The molecule has 0 spiro atoms. The fourth-order valence-electron chi connectivity index (χ4n) is 1.97. The Morgan fingerprint density at radius 2 is 1.75 bits per heavy atom. The van der Waals surface area contributed by atoms with E-state index < -0.39 is 20.0 Å². The molecule has 5 nitrogen and oxygen atoms in total. The topological polar surface area (TPSA) is 53.4 Å². The van der Waals surface area contributed by atoms with E-state index in [1.165, 1.54) is 4.68 Å². The van der Waals surface area contributed by atoms with Crippen molar-refractivity contribution < 1.29 is 14.0 Å². The molecule has 0 aliphatic carbocycles. The molecule has 1 heterocycles. The zero-order chi connectivity index (χ0) is 18.3. The maximum atomic E-state index is 12.2. The summed E-state index contributed by atoms with van der Waals surface area (Å²) in [4.78, 5) is 12.2. The number of fused-ring (bicyclic) bond motifs is 1. The van der Waals surface area contributed by atoms with Crippen molar-refractivity contribution in [2.45, 2.75) is 65.3 Å². The second kappa shape index (κ2) is 5.92. The molecule has 0 unspecified atom stereocenters. The van der Waals surface area contributed by atoms with Crippen LogP contribution in [0, 0.1) is 0 Å². The summed E-state index contributed by atoms with van der Waals surface area (Å²) in [5, 5.41) is 5.15. The normalized spacial score (nSPS) is 13.2. The van der Waals surface area contributed by atoms with Crippen molar-refractivity contribution in [2.24, 2.45) is 0 Å². The Bertz CT molecular complexity index is 752. The lowest BCUT2D eigenvalue weighted by Gasteiger charge is -2.36. The van der Waals surface area contributed by atoms with Crippen molar-refractivity contribution in [3.8, 4) is 5.75 Å². The highest BCUT2D eigenvalue weighted by atomic mass is 28.4. The minimum absolute atomic E-state index is 0.128. The van der Waals surface area contributed by atoms with Crippen LogP contribution < -0.4 is 4.43 Å². The van der Waals surface area contributed by atoms with E-state index in [1.54, 1.807) is 6.20 Å². The highest BCUT2D eigenvalue weighted by molar-refractivity contribution is 6.74. The van der Waals surface area contributed by atoms with Gasteiger partial charge in [-0.2, -0.15) is 9.78 Å². The molecular formula is C18H28N2O3Si. The van der Waals surface area contributed by atoms with Crippen molar-refractivity contribution in [1.29, 1.82) is 0 Å². The van der Waals surface area contributed by atoms with Crippen LogP contribution in [0.15, 0.2) is 24.4 Å². The summed E-state index contributed by atoms with van der Waals surface area (Å²) in [6, 6.07) is 5.68. The average molecular weight is 349 g/mol. The number of carbonyl (C=O) groups is 1. The van der Waals surface area contributed by atoms with E-state index in [0.29, 0.717) is 5.52 Å². The van der Waals surface area contributed by atoms with Gasteiger partial charge in [-0.25, -0.2) is 4.79 Å². The van der Waals surface area contributed by atoms with Crippen LogP contribution in [0.3, 0.4) is 0 Å². The first kappa shape index (κ1) is 18.5.